The minimum Gasteiger partial charge on any atom is -0.352 e. The second-order valence-electron chi connectivity index (χ2n) is 3.31. The van der Waals surface area contributed by atoms with Crippen LogP contribution in [0.4, 0.5) is 4.79 Å². The highest BCUT2D eigenvalue weighted by Crippen LogP contribution is 2.07. The molecule has 0 fully saturated rings. The molecule has 2 atom stereocenters. The molecule has 0 saturated heterocycles. The Bertz CT molecular complexity index is 366. The van der Waals surface area contributed by atoms with E-state index in [0.717, 1.165) is 0 Å². The number of hydrogen-bond donors (Lipinski definition) is 4. The highest BCUT2D eigenvalue weighted by Gasteiger charge is 2.27. The summed E-state index contributed by atoms with van der Waals surface area (Å²) in [6.45, 7) is 3.38. The van der Waals surface area contributed by atoms with Crippen molar-refractivity contribution in [3.63, 3.8) is 0 Å². The van der Waals surface area contributed by atoms with Gasteiger partial charge in [-0.25, -0.2) is 9.52 Å². The predicted molar refractivity (Wildman–Crippen MR) is 55.7 cm³/mol. The van der Waals surface area contributed by atoms with Gasteiger partial charge < -0.3 is 11.1 Å². The second-order valence-corrected chi connectivity index (χ2v) is 4.47. The molecule has 8 nitrogen and oxygen atoms in total. The Balaban J connectivity index is 4.76. The molecule has 9 heteroatoms. The first-order valence-electron chi connectivity index (χ1n) is 4.52. The van der Waals surface area contributed by atoms with Crippen molar-refractivity contribution in [3.8, 4) is 0 Å². The molecule has 0 aliphatic carbocycles. The molecular formula is C7H15N3O5S. The van der Waals surface area contributed by atoms with Crippen LogP contribution >= 0.6 is 0 Å². The van der Waals surface area contributed by atoms with Crippen molar-refractivity contribution in [2.45, 2.75) is 26.3 Å². The predicted octanol–water partition coefficient (Wildman–Crippen LogP) is -1.01. The molecule has 0 aromatic carbocycles. The Morgan fingerprint density at radius 2 is 1.94 bits per heavy atom. The molecule has 94 valence electrons. The molecule has 0 aromatic rings. The topological polar surface area (TPSA) is 139 Å². The third-order valence-electron chi connectivity index (χ3n) is 2.02. The molecule has 0 spiro atoms. The lowest BCUT2D eigenvalue weighted by molar-refractivity contribution is -0.122. The van der Waals surface area contributed by atoms with E-state index in [-0.39, 0.29) is 5.92 Å². The number of hydrogen-bond acceptors (Lipinski definition) is 4. The maximum absolute atomic E-state index is 11.4. The van der Waals surface area contributed by atoms with Crippen LogP contribution in [-0.4, -0.2) is 31.0 Å². The van der Waals surface area contributed by atoms with Gasteiger partial charge in [0.2, 0.25) is 0 Å². The zero-order valence-corrected chi connectivity index (χ0v) is 9.74. The second kappa shape index (κ2) is 5.66. The summed E-state index contributed by atoms with van der Waals surface area (Å²) in [6.07, 6.45) is 0.518. The summed E-state index contributed by atoms with van der Waals surface area (Å²) in [7, 11) is -4.64. The van der Waals surface area contributed by atoms with Crippen molar-refractivity contribution in [2.75, 3.05) is 0 Å². The quantitative estimate of drug-likeness (QED) is 0.465. The molecule has 0 saturated carbocycles. The van der Waals surface area contributed by atoms with Crippen molar-refractivity contribution in [1.29, 1.82) is 0 Å². The maximum atomic E-state index is 11.4. The van der Waals surface area contributed by atoms with Crippen LogP contribution in [-0.2, 0) is 15.1 Å². The molecule has 0 radical (unpaired) electrons. The van der Waals surface area contributed by atoms with Crippen LogP contribution in [0.25, 0.3) is 0 Å². The summed E-state index contributed by atoms with van der Waals surface area (Å²) < 4.78 is 30.6. The van der Waals surface area contributed by atoms with Gasteiger partial charge in [-0.05, 0) is 5.92 Å². The van der Waals surface area contributed by atoms with Crippen LogP contribution in [0.1, 0.15) is 20.3 Å². The molecule has 0 unspecified atom stereocenters. The van der Waals surface area contributed by atoms with Crippen LogP contribution in [0.2, 0.25) is 0 Å². The van der Waals surface area contributed by atoms with Gasteiger partial charge in [-0.1, -0.05) is 20.3 Å². The number of amides is 3. The van der Waals surface area contributed by atoms with Crippen LogP contribution in [0.15, 0.2) is 0 Å². The SMILES string of the molecule is CC[C@H](C)[C@H](NC(N)=O)C(=O)NS(=O)(=O)O. The van der Waals surface area contributed by atoms with E-state index in [1.165, 1.54) is 4.72 Å². The van der Waals surface area contributed by atoms with Gasteiger partial charge in [0.25, 0.3) is 5.91 Å². The lowest BCUT2D eigenvalue weighted by atomic mass is 9.99. The van der Waals surface area contributed by atoms with E-state index in [0.29, 0.717) is 6.42 Å². The van der Waals surface area contributed by atoms with E-state index in [1.807, 2.05) is 0 Å². The summed E-state index contributed by atoms with van der Waals surface area (Å²) in [5.41, 5.74) is 4.85. The summed E-state index contributed by atoms with van der Waals surface area (Å²) in [5.74, 6) is -1.36. The third kappa shape index (κ3) is 5.51. The Labute approximate surface area is 93.5 Å². The molecule has 0 bridgehead atoms. The van der Waals surface area contributed by atoms with Crippen molar-refractivity contribution >= 4 is 22.2 Å². The molecular weight excluding hydrogens is 238 g/mol. The fourth-order valence-corrected chi connectivity index (χ4v) is 1.43. The van der Waals surface area contributed by atoms with Gasteiger partial charge in [0.15, 0.2) is 0 Å². The zero-order valence-electron chi connectivity index (χ0n) is 8.93. The molecule has 0 aliphatic heterocycles. The molecule has 0 aromatic heterocycles. The van der Waals surface area contributed by atoms with Gasteiger partial charge in [-0.15, -0.1) is 0 Å². The third-order valence-corrected chi connectivity index (χ3v) is 2.48. The number of rotatable bonds is 5. The van der Waals surface area contributed by atoms with Crippen molar-refractivity contribution in [1.82, 2.24) is 10.0 Å². The number of urea groups is 1. The van der Waals surface area contributed by atoms with E-state index in [2.05, 4.69) is 5.32 Å². The smallest absolute Gasteiger partial charge is 0.352 e. The fraction of sp³-hybridized carbons (Fsp3) is 0.714. The zero-order chi connectivity index (χ0) is 12.9. The van der Waals surface area contributed by atoms with Gasteiger partial charge in [-0.2, -0.15) is 8.42 Å². The monoisotopic (exact) mass is 253 g/mol. The van der Waals surface area contributed by atoms with Gasteiger partial charge in [-0.3, -0.25) is 9.35 Å². The molecule has 5 N–H and O–H groups in total. The standard InChI is InChI=1S/C7H15N3O5S/c1-3-4(2)5(9-7(8)12)6(11)10-16(13,14)15/h4-5H,3H2,1-2H3,(H,10,11)(H3,8,9,12)(H,13,14,15)/t4-,5-/m0/s1. The summed E-state index contributed by atoms with van der Waals surface area (Å²) in [5, 5.41) is 2.10. The van der Waals surface area contributed by atoms with E-state index < -0.39 is 28.3 Å². The summed E-state index contributed by atoms with van der Waals surface area (Å²) >= 11 is 0. The average Bonchev–Trinajstić information content (AvgIpc) is 2.09. The molecule has 16 heavy (non-hydrogen) atoms. The number of carbonyl (C=O) groups excluding carboxylic acids is 2. The fourth-order valence-electron chi connectivity index (χ4n) is 1.05. The lowest BCUT2D eigenvalue weighted by Crippen LogP contribution is -2.52. The van der Waals surface area contributed by atoms with Crippen LogP contribution in [0, 0.1) is 5.92 Å². The van der Waals surface area contributed by atoms with Gasteiger partial charge in [0, 0.05) is 0 Å². The Kier molecular flexibility index (Phi) is 5.18. The van der Waals surface area contributed by atoms with Crippen LogP contribution in [0.5, 0.6) is 0 Å². The first kappa shape index (κ1) is 14.6. The minimum atomic E-state index is -4.64. The first-order chi connectivity index (χ1) is 7.17. The Morgan fingerprint density at radius 3 is 2.25 bits per heavy atom. The minimum absolute atomic E-state index is 0.325. The first-order valence-corrected chi connectivity index (χ1v) is 5.96. The van der Waals surface area contributed by atoms with E-state index in [1.54, 1.807) is 13.8 Å². The Hall–Kier alpha value is -1.35. The number of nitrogens with two attached hydrogens (primary N) is 1. The van der Waals surface area contributed by atoms with Gasteiger partial charge in [0.1, 0.15) is 6.04 Å². The number of primary amides is 1. The number of carbonyl (C=O) groups is 2. The van der Waals surface area contributed by atoms with Crippen molar-refractivity contribution in [3.05, 3.63) is 0 Å². The lowest BCUT2D eigenvalue weighted by Gasteiger charge is -2.21. The number of nitrogens with one attached hydrogen (secondary N) is 2. The highest BCUT2D eigenvalue weighted by molar-refractivity contribution is 7.84. The van der Waals surface area contributed by atoms with Gasteiger partial charge >= 0.3 is 16.3 Å². The maximum Gasteiger partial charge on any atom is 0.359 e. The summed E-state index contributed by atoms with van der Waals surface area (Å²) in [6, 6.07) is -2.06. The molecule has 0 aliphatic rings. The van der Waals surface area contributed by atoms with E-state index >= 15 is 0 Å². The van der Waals surface area contributed by atoms with Gasteiger partial charge in [0.05, 0.1) is 0 Å². The molecule has 0 heterocycles. The van der Waals surface area contributed by atoms with E-state index in [9.17, 15) is 18.0 Å². The largest absolute Gasteiger partial charge is 0.359 e. The Morgan fingerprint density at radius 1 is 1.44 bits per heavy atom. The van der Waals surface area contributed by atoms with E-state index in [4.69, 9.17) is 10.3 Å². The van der Waals surface area contributed by atoms with Crippen molar-refractivity contribution in [2.24, 2.45) is 11.7 Å². The molecule has 0 rings (SSSR count). The molecule has 3 amide bonds. The average molecular weight is 253 g/mol. The normalized spacial score (nSPS) is 14.9. The van der Waals surface area contributed by atoms with Crippen LogP contribution < -0.4 is 15.8 Å². The summed E-state index contributed by atoms with van der Waals surface area (Å²) in [4.78, 5) is 22.0. The van der Waals surface area contributed by atoms with Crippen molar-refractivity contribution < 1.29 is 22.6 Å². The highest BCUT2D eigenvalue weighted by atomic mass is 32.2. The van der Waals surface area contributed by atoms with Crippen LogP contribution in [0.3, 0.4) is 0 Å².